The standard InChI is InChI=1S/C26H46O2/c1-6-8-16(3)19-9-10-20-23-21(12-14-25(19,20)4)26(5)13-11-17(27)15-22(26)18(7-2)24(23)28/h16-24,27-28H,6-15H2,1-5H3/t16-,17+,18-,19-,20?,21?,22+,23?,24-,25-,26-/m1/s1. The maximum atomic E-state index is 11.7. The fourth-order valence-electron chi connectivity index (χ4n) is 9.59. The highest BCUT2D eigenvalue weighted by Crippen LogP contribution is 2.69. The minimum Gasteiger partial charge on any atom is -0.393 e. The molecule has 2 N–H and O–H groups in total. The lowest BCUT2D eigenvalue weighted by Crippen LogP contribution is -2.62. The van der Waals surface area contributed by atoms with Crippen molar-refractivity contribution in [1.82, 2.24) is 0 Å². The fourth-order valence-corrected chi connectivity index (χ4v) is 9.59. The molecule has 4 fully saturated rings. The van der Waals surface area contributed by atoms with Crippen molar-refractivity contribution in [2.24, 2.45) is 52.3 Å². The highest BCUT2D eigenvalue weighted by molar-refractivity contribution is 5.13. The van der Waals surface area contributed by atoms with Crippen molar-refractivity contribution in [3.05, 3.63) is 0 Å². The molecule has 0 aromatic carbocycles. The van der Waals surface area contributed by atoms with Crippen LogP contribution in [0.15, 0.2) is 0 Å². The molecule has 11 atom stereocenters. The molecule has 0 heterocycles. The lowest BCUT2D eigenvalue weighted by atomic mass is 9.41. The molecule has 0 aliphatic heterocycles. The van der Waals surface area contributed by atoms with Crippen LogP contribution in [-0.2, 0) is 0 Å². The van der Waals surface area contributed by atoms with Gasteiger partial charge in [0.15, 0.2) is 0 Å². The molecule has 0 saturated heterocycles. The Labute approximate surface area is 173 Å². The highest BCUT2D eigenvalue weighted by atomic mass is 16.3. The van der Waals surface area contributed by atoms with Crippen molar-refractivity contribution in [3.8, 4) is 0 Å². The van der Waals surface area contributed by atoms with Gasteiger partial charge in [0.05, 0.1) is 12.2 Å². The van der Waals surface area contributed by atoms with E-state index in [1.54, 1.807) is 0 Å². The molecular weight excluding hydrogens is 344 g/mol. The number of rotatable bonds is 4. The zero-order chi connectivity index (χ0) is 20.3. The summed E-state index contributed by atoms with van der Waals surface area (Å²) in [6, 6.07) is 0. The minimum atomic E-state index is -0.150. The molecule has 3 unspecified atom stereocenters. The molecular formula is C26H46O2. The summed E-state index contributed by atoms with van der Waals surface area (Å²) in [5, 5.41) is 22.1. The summed E-state index contributed by atoms with van der Waals surface area (Å²) >= 11 is 0. The average molecular weight is 391 g/mol. The molecule has 4 saturated carbocycles. The van der Waals surface area contributed by atoms with Crippen LogP contribution in [0.2, 0.25) is 0 Å². The Bertz CT molecular complexity index is 561. The number of aliphatic hydroxyl groups is 2. The van der Waals surface area contributed by atoms with E-state index in [2.05, 4.69) is 34.6 Å². The van der Waals surface area contributed by atoms with Crippen LogP contribution in [0.5, 0.6) is 0 Å². The summed E-state index contributed by atoms with van der Waals surface area (Å²) in [5.41, 5.74) is 0.769. The molecule has 28 heavy (non-hydrogen) atoms. The lowest BCUT2D eigenvalue weighted by molar-refractivity contribution is -0.203. The van der Waals surface area contributed by atoms with Gasteiger partial charge in [-0.3, -0.25) is 0 Å². The summed E-state index contributed by atoms with van der Waals surface area (Å²) in [7, 11) is 0. The van der Waals surface area contributed by atoms with Gasteiger partial charge in [0.2, 0.25) is 0 Å². The van der Waals surface area contributed by atoms with Gasteiger partial charge in [0, 0.05) is 0 Å². The third-order valence-electron chi connectivity index (χ3n) is 10.9. The van der Waals surface area contributed by atoms with Crippen molar-refractivity contribution in [1.29, 1.82) is 0 Å². The normalized spacial score (nSPS) is 54.5. The SMILES string of the molecule is CCC[C@@H](C)[C@H]1CCC2C3C(CC[C@@]21C)[C@@]1(C)CC[C@H](O)C[C@H]1[C@@H](CC)[C@H]3O. The number of aliphatic hydroxyl groups excluding tert-OH is 2. The zero-order valence-corrected chi connectivity index (χ0v) is 19.2. The van der Waals surface area contributed by atoms with E-state index in [1.165, 1.54) is 44.9 Å². The molecule has 0 aromatic heterocycles. The number of hydrogen-bond acceptors (Lipinski definition) is 2. The molecule has 0 radical (unpaired) electrons. The van der Waals surface area contributed by atoms with Gasteiger partial charge >= 0.3 is 0 Å². The van der Waals surface area contributed by atoms with Crippen LogP contribution in [0, 0.1) is 52.3 Å². The van der Waals surface area contributed by atoms with E-state index in [0.717, 1.165) is 31.1 Å². The van der Waals surface area contributed by atoms with E-state index < -0.39 is 0 Å². The average Bonchev–Trinajstić information content (AvgIpc) is 3.01. The third-order valence-corrected chi connectivity index (χ3v) is 10.9. The fraction of sp³-hybridized carbons (Fsp3) is 1.00. The van der Waals surface area contributed by atoms with Gasteiger partial charge in [0.25, 0.3) is 0 Å². The van der Waals surface area contributed by atoms with Crippen molar-refractivity contribution in [2.75, 3.05) is 0 Å². The van der Waals surface area contributed by atoms with Gasteiger partial charge in [0.1, 0.15) is 0 Å². The Morgan fingerprint density at radius 3 is 2.25 bits per heavy atom. The summed E-state index contributed by atoms with van der Waals surface area (Å²) in [4.78, 5) is 0. The smallest absolute Gasteiger partial charge is 0.0605 e. The quantitative estimate of drug-likeness (QED) is 0.613. The first-order valence-corrected chi connectivity index (χ1v) is 12.6. The van der Waals surface area contributed by atoms with Crippen LogP contribution < -0.4 is 0 Å². The van der Waals surface area contributed by atoms with E-state index >= 15 is 0 Å². The van der Waals surface area contributed by atoms with Gasteiger partial charge in [-0.05, 0) is 97.2 Å². The van der Waals surface area contributed by atoms with Crippen LogP contribution in [0.3, 0.4) is 0 Å². The third kappa shape index (κ3) is 2.95. The summed E-state index contributed by atoms with van der Waals surface area (Å²) < 4.78 is 0. The Morgan fingerprint density at radius 1 is 0.893 bits per heavy atom. The maximum absolute atomic E-state index is 11.7. The van der Waals surface area contributed by atoms with E-state index in [-0.39, 0.29) is 12.2 Å². The lowest BCUT2D eigenvalue weighted by Gasteiger charge is -2.64. The largest absolute Gasteiger partial charge is 0.393 e. The first-order valence-electron chi connectivity index (χ1n) is 12.6. The Morgan fingerprint density at radius 2 is 1.57 bits per heavy atom. The van der Waals surface area contributed by atoms with Crippen LogP contribution in [-0.4, -0.2) is 22.4 Å². The second kappa shape index (κ2) is 7.56. The van der Waals surface area contributed by atoms with Crippen LogP contribution in [0.25, 0.3) is 0 Å². The van der Waals surface area contributed by atoms with Crippen LogP contribution in [0.4, 0.5) is 0 Å². The highest BCUT2D eigenvalue weighted by Gasteiger charge is 2.64. The second-order valence-electron chi connectivity index (χ2n) is 11.9. The summed E-state index contributed by atoms with van der Waals surface area (Å²) in [5.74, 6) is 4.45. The summed E-state index contributed by atoms with van der Waals surface area (Å²) in [6.45, 7) is 12.3. The molecule has 0 spiro atoms. The van der Waals surface area contributed by atoms with E-state index in [1.807, 2.05) is 0 Å². The molecule has 2 heteroatoms. The molecule has 0 amide bonds. The van der Waals surface area contributed by atoms with Gasteiger partial charge in [-0.1, -0.05) is 53.9 Å². The predicted octanol–water partition coefficient (Wildman–Crippen LogP) is 6.05. The van der Waals surface area contributed by atoms with Crippen molar-refractivity contribution in [3.63, 3.8) is 0 Å². The Balaban J connectivity index is 1.67. The molecule has 4 aliphatic carbocycles. The monoisotopic (exact) mass is 390 g/mol. The van der Waals surface area contributed by atoms with Crippen LogP contribution in [0.1, 0.15) is 98.8 Å². The van der Waals surface area contributed by atoms with E-state index in [0.29, 0.717) is 40.4 Å². The van der Waals surface area contributed by atoms with E-state index in [4.69, 9.17) is 0 Å². The molecule has 0 bridgehead atoms. The van der Waals surface area contributed by atoms with Gasteiger partial charge in [-0.15, -0.1) is 0 Å². The molecule has 2 nitrogen and oxygen atoms in total. The second-order valence-corrected chi connectivity index (χ2v) is 11.9. The predicted molar refractivity (Wildman–Crippen MR) is 116 cm³/mol. The van der Waals surface area contributed by atoms with Crippen molar-refractivity contribution < 1.29 is 10.2 Å². The minimum absolute atomic E-state index is 0.143. The number of hydrogen-bond donors (Lipinski definition) is 2. The van der Waals surface area contributed by atoms with E-state index in [9.17, 15) is 10.2 Å². The topological polar surface area (TPSA) is 40.5 Å². The maximum Gasteiger partial charge on any atom is 0.0605 e. The zero-order valence-electron chi connectivity index (χ0n) is 19.2. The van der Waals surface area contributed by atoms with Crippen LogP contribution >= 0.6 is 0 Å². The molecule has 162 valence electrons. The molecule has 4 aliphatic rings. The van der Waals surface area contributed by atoms with Gasteiger partial charge in [-0.25, -0.2) is 0 Å². The van der Waals surface area contributed by atoms with Crippen molar-refractivity contribution in [2.45, 2.75) is 111 Å². The van der Waals surface area contributed by atoms with Gasteiger partial charge < -0.3 is 10.2 Å². The Hall–Kier alpha value is -0.0800. The summed E-state index contributed by atoms with van der Waals surface area (Å²) in [6.07, 6.45) is 11.9. The molecule has 0 aromatic rings. The number of fused-ring (bicyclic) bond motifs is 5. The Kier molecular flexibility index (Phi) is 5.71. The van der Waals surface area contributed by atoms with Gasteiger partial charge in [-0.2, -0.15) is 0 Å². The first-order chi connectivity index (χ1) is 13.3. The first kappa shape index (κ1) is 21.2. The van der Waals surface area contributed by atoms with Crippen molar-refractivity contribution >= 4 is 0 Å². The molecule has 4 rings (SSSR count).